The molecule has 0 bridgehead atoms. The molecule has 0 unspecified atom stereocenters. The summed E-state index contributed by atoms with van der Waals surface area (Å²) >= 11 is 0. The van der Waals surface area contributed by atoms with Crippen molar-refractivity contribution < 1.29 is 9.59 Å². The number of anilines is 1. The number of Topliss-reactive ketones (excluding diaryl/α,β-unsaturated/α-hetero) is 1. The molecule has 0 aliphatic rings. The monoisotopic (exact) mass is 300 g/mol. The molecule has 1 N–H and O–H groups in total. The van der Waals surface area contributed by atoms with E-state index in [2.05, 4.69) is 10.4 Å². The Labute approximate surface area is 129 Å². The van der Waals surface area contributed by atoms with Crippen molar-refractivity contribution in [1.29, 1.82) is 0 Å². The maximum absolute atomic E-state index is 12.0. The van der Waals surface area contributed by atoms with Crippen LogP contribution in [0.5, 0.6) is 0 Å². The molecule has 2 rings (SSSR count). The summed E-state index contributed by atoms with van der Waals surface area (Å²) in [5, 5.41) is 6.92. The van der Waals surface area contributed by atoms with Gasteiger partial charge in [-0.25, -0.2) is 0 Å². The maximum Gasteiger partial charge on any atom is 0.238 e. The molecule has 22 heavy (non-hydrogen) atoms. The molecule has 1 aromatic carbocycles. The number of hydrogen-bond acceptors (Lipinski definition) is 4. The molecule has 0 aliphatic heterocycles. The van der Waals surface area contributed by atoms with Crippen LogP contribution in [0.15, 0.2) is 36.7 Å². The van der Waals surface area contributed by atoms with Crippen LogP contribution in [0.3, 0.4) is 0 Å². The standard InChI is InChI=1S/C16H20N4O2/c1-12(21)14-4-6-15(7-5-14)18-16(22)11-19(2)9-13-8-17-20(3)10-13/h4-8,10H,9,11H2,1-3H3,(H,18,22). The second-order valence-corrected chi connectivity index (χ2v) is 5.38. The number of carbonyl (C=O) groups excluding carboxylic acids is 2. The van der Waals surface area contributed by atoms with Crippen LogP contribution in [0.25, 0.3) is 0 Å². The topological polar surface area (TPSA) is 67.2 Å². The molecular formula is C16H20N4O2. The van der Waals surface area contributed by atoms with Crippen LogP contribution in [0.2, 0.25) is 0 Å². The summed E-state index contributed by atoms with van der Waals surface area (Å²) in [5.74, 6) is -0.0870. The zero-order valence-electron chi connectivity index (χ0n) is 13.0. The van der Waals surface area contributed by atoms with Crippen molar-refractivity contribution in [3.8, 4) is 0 Å². The number of rotatable bonds is 6. The fourth-order valence-corrected chi connectivity index (χ4v) is 2.16. The van der Waals surface area contributed by atoms with Gasteiger partial charge in [0, 0.05) is 36.6 Å². The molecule has 0 atom stereocenters. The van der Waals surface area contributed by atoms with Gasteiger partial charge in [0.15, 0.2) is 5.78 Å². The fourth-order valence-electron chi connectivity index (χ4n) is 2.16. The second-order valence-electron chi connectivity index (χ2n) is 5.38. The Kier molecular flexibility index (Phi) is 5.06. The van der Waals surface area contributed by atoms with Gasteiger partial charge in [-0.1, -0.05) is 0 Å². The van der Waals surface area contributed by atoms with Crippen LogP contribution >= 0.6 is 0 Å². The van der Waals surface area contributed by atoms with Crippen LogP contribution in [0.4, 0.5) is 5.69 Å². The van der Waals surface area contributed by atoms with Crippen molar-refractivity contribution in [2.75, 3.05) is 18.9 Å². The van der Waals surface area contributed by atoms with Gasteiger partial charge in [0.25, 0.3) is 0 Å². The number of aromatic nitrogens is 2. The number of benzene rings is 1. The van der Waals surface area contributed by atoms with E-state index >= 15 is 0 Å². The van der Waals surface area contributed by atoms with E-state index in [0.29, 0.717) is 17.8 Å². The molecule has 6 heteroatoms. The molecule has 6 nitrogen and oxygen atoms in total. The van der Waals surface area contributed by atoms with Crippen LogP contribution in [-0.4, -0.2) is 40.0 Å². The molecule has 116 valence electrons. The first-order valence-corrected chi connectivity index (χ1v) is 7.01. The lowest BCUT2D eigenvalue weighted by atomic mass is 10.1. The van der Waals surface area contributed by atoms with Gasteiger partial charge in [-0.3, -0.25) is 19.2 Å². The normalized spacial score (nSPS) is 10.7. The molecule has 0 radical (unpaired) electrons. The summed E-state index contributed by atoms with van der Waals surface area (Å²) in [6.45, 7) is 2.45. The third kappa shape index (κ3) is 4.53. The number of hydrogen-bond donors (Lipinski definition) is 1. The number of ketones is 1. The van der Waals surface area contributed by atoms with Crippen LogP contribution in [0.1, 0.15) is 22.8 Å². The Morgan fingerprint density at radius 3 is 2.50 bits per heavy atom. The lowest BCUT2D eigenvalue weighted by Gasteiger charge is -2.15. The summed E-state index contributed by atoms with van der Waals surface area (Å²) in [6.07, 6.45) is 3.71. The van der Waals surface area contributed by atoms with Crippen LogP contribution < -0.4 is 5.32 Å². The number of amides is 1. The van der Waals surface area contributed by atoms with Crippen molar-refractivity contribution in [3.05, 3.63) is 47.8 Å². The lowest BCUT2D eigenvalue weighted by molar-refractivity contribution is -0.117. The van der Waals surface area contributed by atoms with Crippen molar-refractivity contribution in [1.82, 2.24) is 14.7 Å². The molecule has 1 aromatic heterocycles. The predicted molar refractivity (Wildman–Crippen MR) is 84.6 cm³/mol. The average molecular weight is 300 g/mol. The van der Waals surface area contributed by atoms with Gasteiger partial charge < -0.3 is 5.32 Å². The van der Waals surface area contributed by atoms with E-state index in [-0.39, 0.29) is 18.2 Å². The highest BCUT2D eigenvalue weighted by Gasteiger charge is 2.09. The van der Waals surface area contributed by atoms with Gasteiger partial charge in [-0.05, 0) is 38.2 Å². The minimum Gasteiger partial charge on any atom is -0.325 e. The number of nitrogens with one attached hydrogen (secondary N) is 1. The van der Waals surface area contributed by atoms with Gasteiger partial charge in [-0.2, -0.15) is 5.10 Å². The van der Waals surface area contributed by atoms with Crippen molar-refractivity contribution in [2.45, 2.75) is 13.5 Å². The minimum atomic E-state index is -0.0954. The molecular weight excluding hydrogens is 280 g/mol. The predicted octanol–water partition coefficient (Wildman–Crippen LogP) is 1.69. The zero-order chi connectivity index (χ0) is 16.1. The molecule has 1 amide bonds. The molecule has 0 saturated heterocycles. The fraction of sp³-hybridized carbons (Fsp3) is 0.312. The third-order valence-electron chi connectivity index (χ3n) is 3.20. The molecule has 0 spiro atoms. The number of nitrogens with zero attached hydrogens (tertiary/aromatic N) is 3. The third-order valence-corrected chi connectivity index (χ3v) is 3.20. The molecule has 0 aliphatic carbocycles. The van der Waals surface area contributed by atoms with Gasteiger partial charge in [0.05, 0.1) is 12.7 Å². The molecule has 1 heterocycles. The Hall–Kier alpha value is -2.47. The first kappa shape index (κ1) is 15.9. The number of carbonyl (C=O) groups is 2. The highest BCUT2D eigenvalue weighted by Crippen LogP contribution is 2.10. The van der Waals surface area contributed by atoms with Crippen molar-refractivity contribution in [3.63, 3.8) is 0 Å². The first-order valence-electron chi connectivity index (χ1n) is 7.01. The highest BCUT2D eigenvalue weighted by molar-refractivity contribution is 5.96. The molecule has 0 fully saturated rings. The van der Waals surface area contributed by atoms with Crippen molar-refractivity contribution >= 4 is 17.4 Å². The Morgan fingerprint density at radius 1 is 1.27 bits per heavy atom. The SMILES string of the molecule is CC(=O)c1ccc(NC(=O)CN(C)Cc2cnn(C)c2)cc1. The average Bonchev–Trinajstić information content (AvgIpc) is 2.84. The van der Waals surface area contributed by atoms with E-state index in [1.807, 2.05) is 25.2 Å². The van der Waals surface area contributed by atoms with Gasteiger partial charge in [0.1, 0.15) is 0 Å². The van der Waals surface area contributed by atoms with E-state index in [1.54, 1.807) is 35.1 Å². The molecule has 0 saturated carbocycles. The number of likely N-dealkylation sites (N-methyl/N-ethyl adjacent to an activating group) is 1. The van der Waals surface area contributed by atoms with E-state index in [1.165, 1.54) is 6.92 Å². The Balaban J connectivity index is 1.85. The van der Waals surface area contributed by atoms with Crippen LogP contribution in [0, 0.1) is 0 Å². The molecule has 2 aromatic rings. The van der Waals surface area contributed by atoms with E-state index in [4.69, 9.17) is 0 Å². The largest absolute Gasteiger partial charge is 0.325 e. The van der Waals surface area contributed by atoms with Gasteiger partial charge >= 0.3 is 0 Å². The Morgan fingerprint density at radius 2 is 1.95 bits per heavy atom. The van der Waals surface area contributed by atoms with Crippen LogP contribution in [-0.2, 0) is 18.4 Å². The second kappa shape index (κ2) is 7.00. The van der Waals surface area contributed by atoms with Gasteiger partial charge in [0.2, 0.25) is 5.91 Å². The first-order chi connectivity index (χ1) is 10.4. The summed E-state index contributed by atoms with van der Waals surface area (Å²) in [5.41, 5.74) is 2.38. The summed E-state index contributed by atoms with van der Waals surface area (Å²) in [4.78, 5) is 25.1. The maximum atomic E-state index is 12.0. The summed E-state index contributed by atoms with van der Waals surface area (Å²) in [7, 11) is 3.74. The number of aryl methyl sites for hydroxylation is 1. The Bertz CT molecular complexity index is 661. The van der Waals surface area contributed by atoms with Crippen molar-refractivity contribution in [2.24, 2.45) is 7.05 Å². The smallest absolute Gasteiger partial charge is 0.238 e. The quantitative estimate of drug-likeness (QED) is 0.824. The summed E-state index contributed by atoms with van der Waals surface area (Å²) in [6, 6.07) is 6.88. The summed E-state index contributed by atoms with van der Waals surface area (Å²) < 4.78 is 1.74. The van der Waals surface area contributed by atoms with Gasteiger partial charge in [-0.15, -0.1) is 0 Å². The van der Waals surface area contributed by atoms with E-state index in [0.717, 1.165) is 5.56 Å². The minimum absolute atomic E-state index is 0.00841. The highest BCUT2D eigenvalue weighted by atomic mass is 16.2. The lowest BCUT2D eigenvalue weighted by Crippen LogP contribution is -2.29. The van der Waals surface area contributed by atoms with E-state index < -0.39 is 0 Å². The zero-order valence-corrected chi connectivity index (χ0v) is 13.0. The van der Waals surface area contributed by atoms with E-state index in [9.17, 15) is 9.59 Å².